The van der Waals surface area contributed by atoms with Crippen molar-refractivity contribution in [3.63, 3.8) is 0 Å². The lowest BCUT2D eigenvalue weighted by atomic mass is 10.3. The van der Waals surface area contributed by atoms with Crippen LogP contribution < -0.4 is 4.74 Å². The molecule has 0 aliphatic heterocycles. The fraction of sp³-hybridized carbons (Fsp3) is 0.214. The quantitative estimate of drug-likeness (QED) is 0.780. The Morgan fingerprint density at radius 3 is 2.67 bits per heavy atom. The second-order valence-electron chi connectivity index (χ2n) is 3.71. The van der Waals surface area contributed by atoms with Crippen molar-refractivity contribution in [1.29, 1.82) is 0 Å². The number of carbonyl (C=O) groups is 1. The Morgan fingerprint density at radius 1 is 1.28 bits per heavy atom. The zero-order valence-corrected chi connectivity index (χ0v) is 11.1. The van der Waals surface area contributed by atoms with Gasteiger partial charge in [-0.2, -0.15) is 0 Å². The molecule has 0 N–H and O–H groups in total. The summed E-state index contributed by atoms with van der Waals surface area (Å²) in [6.45, 7) is 4.05. The Labute approximate surface area is 110 Å². The minimum absolute atomic E-state index is 0.289. The van der Waals surface area contributed by atoms with E-state index < -0.39 is 0 Å². The van der Waals surface area contributed by atoms with Crippen LogP contribution in [-0.4, -0.2) is 12.6 Å². The van der Waals surface area contributed by atoms with Gasteiger partial charge in [-0.1, -0.05) is 29.5 Å². The molecule has 1 aromatic carbocycles. The molecular formula is C14H14O3S. The summed E-state index contributed by atoms with van der Waals surface area (Å²) in [5.74, 6) is 0.470. The maximum absolute atomic E-state index is 11.7. The molecular weight excluding hydrogens is 248 g/mol. The van der Waals surface area contributed by atoms with Crippen LogP contribution in [0.25, 0.3) is 0 Å². The van der Waals surface area contributed by atoms with Gasteiger partial charge in [-0.05, 0) is 37.6 Å². The molecule has 0 atom stereocenters. The smallest absolute Gasteiger partial charge is 0.348 e. The van der Waals surface area contributed by atoms with Gasteiger partial charge < -0.3 is 9.47 Å². The van der Waals surface area contributed by atoms with Crippen LogP contribution in [0, 0.1) is 6.92 Å². The van der Waals surface area contributed by atoms with Crippen LogP contribution in [0.5, 0.6) is 10.8 Å². The molecule has 2 aromatic rings. The van der Waals surface area contributed by atoms with E-state index in [-0.39, 0.29) is 5.97 Å². The zero-order chi connectivity index (χ0) is 13.0. The van der Waals surface area contributed by atoms with Crippen molar-refractivity contribution < 1.29 is 14.3 Å². The zero-order valence-electron chi connectivity index (χ0n) is 10.3. The molecule has 0 amide bonds. The summed E-state index contributed by atoms with van der Waals surface area (Å²) in [7, 11) is 0. The van der Waals surface area contributed by atoms with Gasteiger partial charge in [-0.3, -0.25) is 0 Å². The molecule has 1 heterocycles. The molecule has 4 heteroatoms. The predicted octanol–water partition coefficient (Wildman–Crippen LogP) is 4.03. The highest BCUT2D eigenvalue weighted by Gasteiger charge is 2.15. The lowest BCUT2D eigenvalue weighted by Gasteiger charge is -2.01. The van der Waals surface area contributed by atoms with Crippen molar-refractivity contribution in [2.75, 3.05) is 6.61 Å². The number of ether oxygens (including phenoxy) is 2. The van der Waals surface area contributed by atoms with Crippen LogP contribution in [0.1, 0.15) is 22.2 Å². The van der Waals surface area contributed by atoms with Crippen LogP contribution in [0.2, 0.25) is 0 Å². The summed E-state index contributed by atoms with van der Waals surface area (Å²) in [5, 5.41) is 0.696. The first kappa shape index (κ1) is 12.6. The molecule has 0 aliphatic rings. The number of para-hydroxylation sites is 1. The van der Waals surface area contributed by atoms with Crippen molar-refractivity contribution in [2.45, 2.75) is 13.8 Å². The normalized spacial score (nSPS) is 10.1. The van der Waals surface area contributed by atoms with Gasteiger partial charge in [-0.25, -0.2) is 4.79 Å². The molecule has 0 saturated carbocycles. The molecule has 0 radical (unpaired) electrons. The van der Waals surface area contributed by atoms with Gasteiger partial charge in [0.05, 0.1) is 6.61 Å². The van der Waals surface area contributed by atoms with Crippen molar-refractivity contribution in [1.82, 2.24) is 0 Å². The van der Waals surface area contributed by atoms with E-state index in [0.717, 1.165) is 11.3 Å². The van der Waals surface area contributed by atoms with E-state index in [0.29, 0.717) is 16.5 Å². The van der Waals surface area contributed by atoms with E-state index in [1.165, 1.54) is 11.3 Å². The number of hydrogen-bond acceptors (Lipinski definition) is 4. The van der Waals surface area contributed by atoms with Crippen LogP contribution in [-0.2, 0) is 4.74 Å². The average Bonchev–Trinajstić information content (AvgIpc) is 2.72. The van der Waals surface area contributed by atoms with E-state index >= 15 is 0 Å². The Kier molecular flexibility index (Phi) is 3.99. The number of esters is 1. The molecule has 0 aliphatic carbocycles. The number of carbonyl (C=O) groups excluding carboxylic acids is 1. The molecule has 94 valence electrons. The molecule has 18 heavy (non-hydrogen) atoms. The first-order valence-electron chi connectivity index (χ1n) is 5.71. The highest BCUT2D eigenvalue weighted by Crippen LogP contribution is 2.32. The third-order valence-electron chi connectivity index (χ3n) is 2.32. The highest BCUT2D eigenvalue weighted by atomic mass is 32.1. The molecule has 1 aromatic heterocycles. The lowest BCUT2D eigenvalue weighted by molar-refractivity contribution is 0.0531. The van der Waals surface area contributed by atoms with Gasteiger partial charge >= 0.3 is 5.97 Å². The monoisotopic (exact) mass is 262 g/mol. The fourth-order valence-corrected chi connectivity index (χ4v) is 2.44. The number of aryl methyl sites for hydroxylation is 1. The Bertz CT molecular complexity index is 531. The fourth-order valence-electron chi connectivity index (χ4n) is 1.51. The molecule has 0 unspecified atom stereocenters. The van der Waals surface area contributed by atoms with Gasteiger partial charge in [0.2, 0.25) is 0 Å². The minimum Gasteiger partial charge on any atom is -0.462 e. The van der Waals surface area contributed by atoms with E-state index in [4.69, 9.17) is 9.47 Å². The van der Waals surface area contributed by atoms with Gasteiger partial charge in [0.15, 0.2) is 5.06 Å². The highest BCUT2D eigenvalue weighted by molar-refractivity contribution is 7.15. The minimum atomic E-state index is -0.289. The van der Waals surface area contributed by atoms with Crippen LogP contribution in [0.3, 0.4) is 0 Å². The molecule has 2 rings (SSSR count). The predicted molar refractivity (Wildman–Crippen MR) is 71.5 cm³/mol. The summed E-state index contributed by atoms with van der Waals surface area (Å²) in [6.07, 6.45) is 0. The second-order valence-corrected chi connectivity index (χ2v) is 4.73. The Morgan fingerprint density at radius 2 is 2.00 bits per heavy atom. The largest absolute Gasteiger partial charge is 0.462 e. The van der Waals surface area contributed by atoms with Gasteiger partial charge in [-0.15, -0.1) is 0 Å². The first-order chi connectivity index (χ1) is 8.70. The second kappa shape index (κ2) is 5.69. The first-order valence-corrected chi connectivity index (χ1v) is 6.53. The third kappa shape index (κ3) is 2.90. The summed E-state index contributed by atoms with van der Waals surface area (Å²) in [5.41, 5.74) is 0.879. The summed E-state index contributed by atoms with van der Waals surface area (Å²) in [6, 6.07) is 11.3. The molecule has 0 bridgehead atoms. The van der Waals surface area contributed by atoms with Crippen LogP contribution in [0.4, 0.5) is 0 Å². The topological polar surface area (TPSA) is 35.5 Å². The maximum Gasteiger partial charge on any atom is 0.348 e. The average molecular weight is 262 g/mol. The van der Waals surface area contributed by atoms with Crippen molar-refractivity contribution in [3.05, 3.63) is 46.8 Å². The third-order valence-corrected chi connectivity index (χ3v) is 3.41. The number of thiophene rings is 1. The molecule has 0 fully saturated rings. The van der Waals surface area contributed by atoms with E-state index in [9.17, 15) is 4.79 Å². The van der Waals surface area contributed by atoms with Crippen molar-refractivity contribution in [3.8, 4) is 10.8 Å². The molecule has 3 nitrogen and oxygen atoms in total. The number of hydrogen-bond donors (Lipinski definition) is 0. The van der Waals surface area contributed by atoms with Crippen molar-refractivity contribution in [2.24, 2.45) is 0 Å². The summed E-state index contributed by atoms with van der Waals surface area (Å²) in [4.78, 5) is 12.3. The Balaban J connectivity index is 2.16. The van der Waals surface area contributed by atoms with Crippen LogP contribution >= 0.6 is 11.3 Å². The standard InChI is InChI=1S/C14H14O3S/c1-3-16-14(15)13-10(2)9-12(18-13)17-11-7-5-4-6-8-11/h4-9H,3H2,1-2H3. The number of rotatable bonds is 4. The van der Waals surface area contributed by atoms with Crippen LogP contribution in [0.15, 0.2) is 36.4 Å². The SMILES string of the molecule is CCOC(=O)c1sc(Oc2ccccc2)cc1C. The van der Waals surface area contributed by atoms with E-state index in [2.05, 4.69) is 0 Å². The van der Waals surface area contributed by atoms with Gasteiger partial charge in [0, 0.05) is 0 Å². The van der Waals surface area contributed by atoms with E-state index in [1.54, 1.807) is 6.92 Å². The van der Waals surface area contributed by atoms with Crippen molar-refractivity contribution >= 4 is 17.3 Å². The summed E-state index contributed by atoms with van der Waals surface area (Å²) < 4.78 is 10.7. The number of benzene rings is 1. The lowest BCUT2D eigenvalue weighted by Crippen LogP contribution is -2.03. The van der Waals surface area contributed by atoms with E-state index in [1.807, 2.05) is 43.3 Å². The summed E-state index contributed by atoms with van der Waals surface area (Å²) >= 11 is 1.31. The van der Waals surface area contributed by atoms with Gasteiger partial charge in [0.1, 0.15) is 10.6 Å². The molecule has 0 saturated heterocycles. The maximum atomic E-state index is 11.7. The molecule has 0 spiro atoms. The van der Waals surface area contributed by atoms with Gasteiger partial charge in [0.25, 0.3) is 0 Å². The Hall–Kier alpha value is -1.81.